The molecule has 2 amide bonds. The van der Waals surface area contributed by atoms with E-state index in [1.165, 1.54) is 5.56 Å². The summed E-state index contributed by atoms with van der Waals surface area (Å²) in [6.45, 7) is 7.59. The Morgan fingerprint density at radius 3 is 2.20 bits per heavy atom. The van der Waals surface area contributed by atoms with Crippen LogP contribution in [-0.2, 0) is 17.8 Å². The van der Waals surface area contributed by atoms with Gasteiger partial charge in [-0.1, -0.05) is 74.2 Å². The SMILES string of the molecule is CC(=O)O.CCCCCCN(CCNC(=O)c1ccc(CNC[C@@H](CNC(=O)c2nc(Cl)c(N)nc2N)Cc2ccccc2C)cc1)C[C@H](O)[C@@H](O)[C@H](O)CO. The molecule has 0 bridgehead atoms. The molecule has 1 heterocycles. The van der Waals surface area contributed by atoms with Crippen LogP contribution in [-0.4, -0.2) is 122 Å². The Balaban J connectivity index is 0.00000258. The number of benzene rings is 2. The molecular weight excluding hydrogens is 744 g/mol. The first kappa shape index (κ1) is 47.7. The second kappa shape index (κ2) is 25.7. The van der Waals surface area contributed by atoms with E-state index in [0.29, 0.717) is 51.3 Å². The Labute approximate surface area is 333 Å². The zero-order valence-electron chi connectivity index (χ0n) is 32.5. The molecule has 0 aliphatic carbocycles. The van der Waals surface area contributed by atoms with Gasteiger partial charge in [0.2, 0.25) is 0 Å². The summed E-state index contributed by atoms with van der Waals surface area (Å²) >= 11 is 5.97. The second-order valence-electron chi connectivity index (χ2n) is 13.6. The number of nitrogens with two attached hydrogens (primary N) is 2. The minimum atomic E-state index is -1.47. The van der Waals surface area contributed by atoms with Gasteiger partial charge in [0.1, 0.15) is 12.2 Å². The molecule has 3 aromatic rings. The van der Waals surface area contributed by atoms with E-state index in [9.17, 15) is 24.9 Å². The Bertz CT molecular complexity index is 1650. The molecule has 17 heteroatoms. The van der Waals surface area contributed by atoms with Gasteiger partial charge in [-0.15, -0.1) is 0 Å². The third-order valence-electron chi connectivity index (χ3n) is 8.88. The van der Waals surface area contributed by atoms with Gasteiger partial charge in [0.15, 0.2) is 22.5 Å². The van der Waals surface area contributed by atoms with E-state index < -0.39 is 36.8 Å². The van der Waals surface area contributed by atoms with E-state index in [-0.39, 0.29) is 40.9 Å². The summed E-state index contributed by atoms with van der Waals surface area (Å²) < 4.78 is 0. The summed E-state index contributed by atoms with van der Waals surface area (Å²) in [6.07, 6.45) is 0.651. The number of carboxylic acid groups (broad SMARTS) is 1. The van der Waals surface area contributed by atoms with E-state index in [1.54, 1.807) is 12.1 Å². The number of nitrogens with one attached hydrogen (secondary N) is 3. The van der Waals surface area contributed by atoms with Gasteiger partial charge >= 0.3 is 0 Å². The van der Waals surface area contributed by atoms with E-state index in [4.69, 9.17) is 38.1 Å². The van der Waals surface area contributed by atoms with Crippen LogP contribution in [0.2, 0.25) is 5.15 Å². The Morgan fingerprint density at radius 2 is 1.55 bits per heavy atom. The van der Waals surface area contributed by atoms with Crippen molar-refractivity contribution in [3.05, 3.63) is 81.6 Å². The molecule has 0 fully saturated rings. The van der Waals surface area contributed by atoms with Crippen LogP contribution >= 0.6 is 11.6 Å². The number of carbonyl (C=O) groups is 3. The number of carboxylic acids is 1. The number of unbranched alkanes of at least 4 members (excludes halogenated alkanes) is 3. The van der Waals surface area contributed by atoms with Crippen LogP contribution in [0.4, 0.5) is 11.6 Å². The summed E-state index contributed by atoms with van der Waals surface area (Å²) in [5, 5.41) is 56.0. The molecule has 0 spiro atoms. The van der Waals surface area contributed by atoms with Crippen molar-refractivity contribution in [3.8, 4) is 0 Å². The van der Waals surface area contributed by atoms with Crippen LogP contribution in [0.25, 0.3) is 0 Å². The molecule has 0 aliphatic heterocycles. The molecule has 56 heavy (non-hydrogen) atoms. The number of nitrogens with zero attached hydrogens (tertiary/aromatic N) is 3. The molecular formula is C39H59ClN8O8. The number of hydrogen-bond acceptors (Lipinski definition) is 13. The number of aliphatic hydroxyl groups excluding tert-OH is 4. The number of rotatable bonds is 23. The smallest absolute Gasteiger partial charge is 0.300 e. The third kappa shape index (κ3) is 17.6. The van der Waals surface area contributed by atoms with Gasteiger partial charge in [-0.2, -0.15) is 0 Å². The fourth-order valence-electron chi connectivity index (χ4n) is 5.71. The number of halogens is 1. The lowest BCUT2D eigenvalue weighted by Gasteiger charge is -2.29. The number of aliphatic hydroxyl groups is 4. The molecule has 16 nitrogen and oxygen atoms in total. The molecule has 12 N–H and O–H groups in total. The van der Waals surface area contributed by atoms with Gasteiger partial charge in [0.25, 0.3) is 17.8 Å². The summed E-state index contributed by atoms with van der Waals surface area (Å²) in [6, 6.07) is 15.4. The Hall–Kier alpha value is -4.42. The molecule has 4 atom stereocenters. The van der Waals surface area contributed by atoms with E-state index in [1.807, 2.05) is 29.2 Å². The summed E-state index contributed by atoms with van der Waals surface area (Å²) in [5.41, 5.74) is 15.2. The maximum atomic E-state index is 12.9. The minimum Gasteiger partial charge on any atom is -0.481 e. The first-order valence-corrected chi connectivity index (χ1v) is 19.1. The molecule has 310 valence electrons. The predicted molar refractivity (Wildman–Crippen MR) is 216 cm³/mol. The van der Waals surface area contributed by atoms with Crippen molar-refractivity contribution in [3.63, 3.8) is 0 Å². The van der Waals surface area contributed by atoms with Gasteiger partial charge in [-0.05, 0) is 61.1 Å². The molecule has 1 aromatic heterocycles. The van der Waals surface area contributed by atoms with Crippen LogP contribution < -0.4 is 27.4 Å². The number of aromatic nitrogens is 2. The first-order valence-electron chi connectivity index (χ1n) is 18.7. The highest BCUT2D eigenvalue weighted by atomic mass is 35.5. The molecule has 0 saturated carbocycles. The number of hydrogen-bond donors (Lipinski definition) is 10. The van der Waals surface area contributed by atoms with Crippen LogP contribution in [0, 0.1) is 12.8 Å². The number of aryl methyl sites for hydroxylation is 1. The van der Waals surface area contributed by atoms with E-state index >= 15 is 0 Å². The van der Waals surface area contributed by atoms with Crippen molar-refractivity contribution in [2.24, 2.45) is 5.92 Å². The Kier molecular flexibility index (Phi) is 21.9. The summed E-state index contributed by atoms with van der Waals surface area (Å²) in [4.78, 5) is 44.7. The number of carbonyl (C=O) groups excluding carboxylic acids is 2. The molecule has 0 radical (unpaired) electrons. The normalized spacial score (nSPS) is 13.2. The van der Waals surface area contributed by atoms with Crippen molar-refractivity contribution < 1.29 is 39.9 Å². The van der Waals surface area contributed by atoms with E-state index in [2.05, 4.69) is 51.9 Å². The molecule has 0 unspecified atom stereocenters. The van der Waals surface area contributed by atoms with Gasteiger partial charge < -0.3 is 53.0 Å². The van der Waals surface area contributed by atoms with Gasteiger partial charge in [-0.25, -0.2) is 9.97 Å². The molecule has 0 aliphatic rings. The fraction of sp³-hybridized carbons (Fsp3) is 0.513. The lowest BCUT2D eigenvalue weighted by molar-refractivity contribution is -0.134. The average molecular weight is 803 g/mol. The summed E-state index contributed by atoms with van der Waals surface area (Å²) in [5.74, 6) is -1.69. The lowest BCUT2D eigenvalue weighted by atomic mass is 9.95. The number of anilines is 2. The van der Waals surface area contributed by atoms with E-state index in [0.717, 1.165) is 43.7 Å². The first-order chi connectivity index (χ1) is 26.7. The van der Waals surface area contributed by atoms with Crippen molar-refractivity contribution in [1.29, 1.82) is 0 Å². The zero-order chi connectivity index (χ0) is 41.6. The summed E-state index contributed by atoms with van der Waals surface area (Å²) in [7, 11) is 0. The van der Waals surface area contributed by atoms with Crippen molar-refractivity contribution in [2.75, 3.05) is 57.3 Å². The number of amides is 2. The van der Waals surface area contributed by atoms with Gasteiger partial charge in [0.05, 0.1) is 12.7 Å². The highest BCUT2D eigenvalue weighted by Crippen LogP contribution is 2.18. The third-order valence-corrected chi connectivity index (χ3v) is 9.16. The van der Waals surface area contributed by atoms with Crippen LogP contribution in [0.3, 0.4) is 0 Å². The minimum absolute atomic E-state index is 0.0175. The average Bonchev–Trinajstić information content (AvgIpc) is 3.16. The van der Waals surface area contributed by atoms with Crippen molar-refractivity contribution >= 4 is 41.0 Å². The van der Waals surface area contributed by atoms with Crippen molar-refractivity contribution in [2.45, 2.75) is 77.7 Å². The van der Waals surface area contributed by atoms with Crippen molar-refractivity contribution in [1.82, 2.24) is 30.8 Å². The maximum absolute atomic E-state index is 12.9. The Morgan fingerprint density at radius 1 is 0.875 bits per heavy atom. The van der Waals surface area contributed by atoms with Crippen LogP contribution in [0.5, 0.6) is 0 Å². The van der Waals surface area contributed by atoms with Crippen LogP contribution in [0.15, 0.2) is 48.5 Å². The number of nitrogen functional groups attached to an aromatic ring is 2. The second-order valence-corrected chi connectivity index (χ2v) is 14.0. The highest BCUT2D eigenvalue weighted by Gasteiger charge is 2.26. The maximum Gasteiger partial charge on any atom is 0.300 e. The standard InChI is InChI=1S/C37H55ClN8O6.C2H4O2/c1-3-4-5-8-16-46(22-29(48)32(50)30(49)23-47)17-15-42-36(51)27-13-11-25(12-14-27)19-41-20-26(18-28-10-7-6-9-24(28)2)21-43-37(52)31-34(39)45-35(40)33(38)44-31;1-2(3)4/h6-7,9-14,26,29-30,32,41,47-50H,3-5,8,15-23H2,1-2H3,(H,42,51)(H,43,52)(H4,39,40,45);1H3,(H,3,4)/t26-,29-,30+,32+;/m0./s1. The zero-order valence-corrected chi connectivity index (χ0v) is 33.2. The van der Waals surface area contributed by atoms with Crippen LogP contribution in [0.1, 0.15) is 77.1 Å². The fourth-order valence-corrected chi connectivity index (χ4v) is 5.84. The predicted octanol–water partition coefficient (Wildman–Crippen LogP) is 1.76. The topological polar surface area (TPSA) is 270 Å². The lowest BCUT2D eigenvalue weighted by Crippen LogP contribution is -2.47. The number of aliphatic carboxylic acids is 1. The molecule has 0 saturated heterocycles. The monoisotopic (exact) mass is 802 g/mol. The molecule has 2 aromatic carbocycles. The molecule has 3 rings (SSSR count). The van der Waals surface area contributed by atoms with Gasteiger partial charge in [-0.3, -0.25) is 19.3 Å². The van der Waals surface area contributed by atoms with Gasteiger partial charge in [0, 0.05) is 51.8 Å². The largest absolute Gasteiger partial charge is 0.481 e. The quantitative estimate of drug-likeness (QED) is 0.0613. The highest BCUT2D eigenvalue weighted by molar-refractivity contribution is 6.31.